The van der Waals surface area contributed by atoms with Gasteiger partial charge in [-0.15, -0.1) is 11.8 Å². The van der Waals surface area contributed by atoms with E-state index in [2.05, 4.69) is 10.6 Å². The van der Waals surface area contributed by atoms with Gasteiger partial charge < -0.3 is 15.7 Å². The number of rotatable bonds is 4. The van der Waals surface area contributed by atoms with Crippen LogP contribution in [0.5, 0.6) is 0 Å². The fourth-order valence-electron chi connectivity index (χ4n) is 2.49. The van der Waals surface area contributed by atoms with Gasteiger partial charge >= 0.3 is 5.97 Å². The number of benzene rings is 2. The standard InChI is InChI=1S/C18H16N2O4S/c1-10-17(23)20-14-9-12(5-6-15(14)25-10)18(24)19-13-4-2-3-11(7-13)8-16(21)22/h2-7,9-10H,8H2,1H3,(H,19,24)(H,20,23)(H,21,22). The van der Waals surface area contributed by atoms with Crippen LogP contribution in [0, 0.1) is 0 Å². The Morgan fingerprint density at radius 1 is 1.24 bits per heavy atom. The highest BCUT2D eigenvalue weighted by Gasteiger charge is 2.23. The lowest BCUT2D eigenvalue weighted by Crippen LogP contribution is -2.26. The van der Waals surface area contributed by atoms with Crippen molar-refractivity contribution in [2.75, 3.05) is 10.6 Å². The number of thioether (sulfide) groups is 1. The van der Waals surface area contributed by atoms with Gasteiger partial charge in [-0.25, -0.2) is 0 Å². The number of amides is 2. The Bertz CT molecular complexity index is 866. The Labute approximate surface area is 148 Å². The molecule has 1 atom stereocenters. The van der Waals surface area contributed by atoms with Gasteiger partial charge in [0.05, 0.1) is 17.4 Å². The molecule has 128 valence electrons. The highest BCUT2D eigenvalue weighted by atomic mass is 32.2. The summed E-state index contributed by atoms with van der Waals surface area (Å²) in [7, 11) is 0. The molecule has 6 nitrogen and oxygen atoms in total. The predicted molar refractivity (Wildman–Crippen MR) is 96.1 cm³/mol. The number of hydrogen-bond donors (Lipinski definition) is 3. The number of carboxylic acids is 1. The first kappa shape index (κ1) is 17.0. The number of carbonyl (C=O) groups excluding carboxylic acids is 2. The molecule has 1 unspecified atom stereocenters. The van der Waals surface area contributed by atoms with E-state index in [1.807, 2.05) is 13.0 Å². The normalized spacial score (nSPS) is 15.9. The van der Waals surface area contributed by atoms with Gasteiger partial charge in [0.15, 0.2) is 0 Å². The van der Waals surface area contributed by atoms with E-state index >= 15 is 0 Å². The lowest BCUT2D eigenvalue weighted by molar-refractivity contribution is -0.136. The fraction of sp³-hybridized carbons (Fsp3) is 0.167. The molecule has 0 fully saturated rings. The number of carbonyl (C=O) groups is 3. The summed E-state index contributed by atoms with van der Waals surface area (Å²) in [6.07, 6.45) is -0.107. The molecular formula is C18H16N2O4S. The molecule has 0 bridgehead atoms. The summed E-state index contributed by atoms with van der Waals surface area (Å²) < 4.78 is 0. The Balaban J connectivity index is 1.77. The average molecular weight is 356 g/mol. The highest BCUT2D eigenvalue weighted by molar-refractivity contribution is 8.00. The molecule has 1 heterocycles. The molecule has 7 heteroatoms. The SMILES string of the molecule is CC1Sc2ccc(C(=O)Nc3cccc(CC(=O)O)c3)cc2NC1=O. The topological polar surface area (TPSA) is 95.5 Å². The predicted octanol–water partition coefficient (Wildman–Crippen LogP) is 3.00. The van der Waals surface area contributed by atoms with Crippen molar-refractivity contribution in [1.29, 1.82) is 0 Å². The van der Waals surface area contributed by atoms with Crippen molar-refractivity contribution in [2.45, 2.75) is 23.5 Å². The van der Waals surface area contributed by atoms with Crippen molar-refractivity contribution in [3.05, 3.63) is 53.6 Å². The minimum atomic E-state index is -0.930. The van der Waals surface area contributed by atoms with Gasteiger partial charge in [-0.3, -0.25) is 14.4 Å². The van der Waals surface area contributed by atoms with Crippen LogP contribution >= 0.6 is 11.8 Å². The monoisotopic (exact) mass is 356 g/mol. The van der Waals surface area contributed by atoms with E-state index in [4.69, 9.17) is 5.11 Å². The molecule has 0 radical (unpaired) electrons. The molecule has 3 rings (SSSR count). The van der Waals surface area contributed by atoms with Crippen molar-refractivity contribution < 1.29 is 19.5 Å². The molecule has 0 saturated carbocycles. The highest BCUT2D eigenvalue weighted by Crippen LogP contribution is 2.36. The van der Waals surface area contributed by atoms with Gasteiger partial charge in [0.2, 0.25) is 5.91 Å². The Kier molecular flexibility index (Phi) is 4.76. The van der Waals surface area contributed by atoms with Crippen molar-refractivity contribution in [3.8, 4) is 0 Å². The first-order valence-electron chi connectivity index (χ1n) is 7.66. The summed E-state index contributed by atoms with van der Waals surface area (Å²) in [6, 6.07) is 11.9. The maximum absolute atomic E-state index is 12.4. The summed E-state index contributed by atoms with van der Waals surface area (Å²) in [5, 5.41) is 14.2. The first-order chi connectivity index (χ1) is 11.9. The van der Waals surface area contributed by atoms with Gasteiger partial charge in [-0.05, 0) is 42.8 Å². The average Bonchev–Trinajstić information content (AvgIpc) is 2.55. The number of anilines is 2. The molecule has 2 aromatic carbocycles. The molecule has 1 aliphatic rings. The molecule has 25 heavy (non-hydrogen) atoms. The minimum Gasteiger partial charge on any atom is -0.481 e. The van der Waals surface area contributed by atoms with Crippen molar-refractivity contribution in [1.82, 2.24) is 0 Å². The van der Waals surface area contributed by atoms with E-state index in [-0.39, 0.29) is 23.5 Å². The number of carboxylic acid groups (broad SMARTS) is 1. The summed E-state index contributed by atoms with van der Waals surface area (Å²) in [6.45, 7) is 1.83. The van der Waals surface area contributed by atoms with Gasteiger partial charge in [-0.1, -0.05) is 12.1 Å². The maximum atomic E-state index is 12.4. The Morgan fingerprint density at radius 2 is 2.04 bits per heavy atom. The summed E-state index contributed by atoms with van der Waals surface area (Å²) in [5.74, 6) is -1.34. The second-order valence-corrected chi connectivity index (χ2v) is 7.07. The molecule has 2 amide bonds. The second-order valence-electron chi connectivity index (χ2n) is 5.69. The molecule has 2 aromatic rings. The van der Waals surface area contributed by atoms with Gasteiger partial charge in [0, 0.05) is 16.1 Å². The lowest BCUT2D eigenvalue weighted by atomic mass is 10.1. The molecular weight excluding hydrogens is 340 g/mol. The van der Waals surface area contributed by atoms with Crippen LogP contribution in [-0.2, 0) is 16.0 Å². The van der Waals surface area contributed by atoms with Crippen LogP contribution in [0.4, 0.5) is 11.4 Å². The molecule has 0 saturated heterocycles. The van der Waals surface area contributed by atoms with Crippen LogP contribution in [-0.4, -0.2) is 28.1 Å². The molecule has 3 N–H and O–H groups in total. The van der Waals surface area contributed by atoms with Crippen molar-refractivity contribution in [2.24, 2.45) is 0 Å². The summed E-state index contributed by atoms with van der Waals surface area (Å²) >= 11 is 1.45. The summed E-state index contributed by atoms with van der Waals surface area (Å²) in [5.41, 5.74) is 2.17. The third kappa shape index (κ3) is 4.00. The van der Waals surface area contributed by atoms with Gasteiger partial charge in [-0.2, -0.15) is 0 Å². The van der Waals surface area contributed by atoms with E-state index in [1.165, 1.54) is 11.8 Å². The molecule has 0 aromatic heterocycles. The molecule has 0 aliphatic carbocycles. The first-order valence-corrected chi connectivity index (χ1v) is 8.54. The van der Waals surface area contributed by atoms with Crippen molar-refractivity contribution >= 4 is 40.9 Å². The van der Waals surface area contributed by atoms with E-state index in [0.29, 0.717) is 22.5 Å². The van der Waals surface area contributed by atoms with E-state index in [9.17, 15) is 14.4 Å². The third-order valence-corrected chi connectivity index (χ3v) is 4.89. The van der Waals surface area contributed by atoms with Crippen LogP contribution < -0.4 is 10.6 Å². The van der Waals surface area contributed by atoms with E-state index in [0.717, 1.165) is 4.90 Å². The molecule has 0 spiro atoms. The van der Waals surface area contributed by atoms with Gasteiger partial charge in [0.1, 0.15) is 0 Å². The number of hydrogen-bond acceptors (Lipinski definition) is 4. The third-order valence-electron chi connectivity index (χ3n) is 3.71. The lowest BCUT2D eigenvalue weighted by Gasteiger charge is -2.21. The van der Waals surface area contributed by atoms with Crippen molar-refractivity contribution in [3.63, 3.8) is 0 Å². The number of aliphatic carboxylic acids is 1. The van der Waals surface area contributed by atoms with Crippen LogP contribution in [0.25, 0.3) is 0 Å². The van der Waals surface area contributed by atoms with Crippen LogP contribution in [0.2, 0.25) is 0 Å². The minimum absolute atomic E-state index is 0.0866. The summed E-state index contributed by atoms with van der Waals surface area (Å²) in [4.78, 5) is 35.9. The zero-order valence-electron chi connectivity index (χ0n) is 13.4. The fourth-order valence-corrected chi connectivity index (χ4v) is 3.42. The second kappa shape index (κ2) is 6.98. The van der Waals surface area contributed by atoms with Gasteiger partial charge in [0.25, 0.3) is 5.91 Å². The molecule has 1 aliphatic heterocycles. The van der Waals surface area contributed by atoms with E-state index < -0.39 is 5.97 Å². The zero-order chi connectivity index (χ0) is 18.0. The van der Waals surface area contributed by atoms with Crippen LogP contribution in [0.15, 0.2) is 47.4 Å². The maximum Gasteiger partial charge on any atom is 0.307 e. The van der Waals surface area contributed by atoms with E-state index in [1.54, 1.807) is 36.4 Å². The van der Waals surface area contributed by atoms with Crippen LogP contribution in [0.3, 0.4) is 0 Å². The largest absolute Gasteiger partial charge is 0.481 e. The zero-order valence-corrected chi connectivity index (χ0v) is 14.2. The Hall–Kier alpha value is -2.80. The number of fused-ring (bicyclic) bond motifs is 1. The van der Waals surface area contributed by atoms with Crippen LogP contribution in [0.1, 0.15) is 22.8 Å². The smallest absolute Gasteiger partial charge is 0.307 e. The number of nitrogens with one attached hydrogen (secondary N) is 2. The quantitative estimate of drug-likeness (QED) is 0.783. The Morgan fingerprint density at radius 3 is 2.80 bits per heavy atom.